The topological polar surface area (TPSA) is 65.5 Å². The third-order valence-corrected chi connectivity index (χ3v) is 4.63. The maximum absolute atomic E-state index is 5.53. The van der Waals surface area contributed by atoms with Crippen LogP contribution in [0.5, 0.6) is 17.2 Å². The highest BCUT2D eigenvalue weighted by atomic mass is 16.5. The van der Waals surface area contributed by atoms with Gasteiger partial charge in [0.1, 0.15) is 17.7 Å². The Morgan fingerprint density at radius 3 is 2.25 bits per heavy atom. The van der Waals surface area contributed by atoms with Gasteiger partial charge in [-0.2, -0.15) is 0 Å². The number of nitrogens with one attached hydrogen (secondary N) is 1. The van der Waals surface area contributed by atoms with Crippen molar-refractivity contribution in [2.24, 2.45) is 0 Å². The van der Waals surface area contributed by atoms with Gasteiger partial charge in [0, 0.05) is 6.04 Å². The van der Waals surface area contributed by atoms with Crippen molar-refractivity contribution in [3.05, 3.63) is 12.4 Å². The Labute approximate surface area is 142 Å². The molecule has 6 heteroatoms. The molecule has 0 spiro atoms. The van der Waals surface area contributed by atoms with Gasteiger partial charge < -0.3 is 19.5 Å². The number of aromatic nitrogens is 2. The van der Waals surface area contributed by atoms with Crippen LogP contribution in [-0.2, 0) is 0 Å². The number of nitrogens with zero attached hydrogens (tertiary/aromatic N) is 2. The molecular weight excluding hydrogens is 306 g/mol. The van der Waals surface area contributed by atoms with Crippen LogP contribution >= 0.6 is 0 Å². The number of anilines is 1. The first-order valence-electron chi connectivity index (χ1n) is 8.48. The molecule has 1 fully saturated rings. The van der Waals surface area contributed by atoms with E-state index in [1.807, 2.05) is 6.07 Å². The summed E-state index contributed by atoms with van der Waals surface area (Å²) >= 11 is 0. The number of fused-ring (bicyclic) bond motifs is 1. The van der Waals surface area contributed by atoms with Crippen LogP contribution in [0.2, 0.25) is 0 Å². The fourth-order valence-electron chi connectivity index (χ4n) is 3.40. The first-order valence-corrected chi connectivity index (χ1v) is 8.48. The number of methoxy groups -OCH3 is 3. The van der Waals surface area contributed by atoms with E-state index in [0.717, 1.165) is 16.7 Å². The molecular formula is C18H25N3O3. The first-order chi connectivity index (χ1) is 11.8. The lowest BCUT2D eigenvalue weighted by Crippen LogP contribution is -2.19. The molecule has 1 heterocycles. The van der Waals surface area contributed by atoms with Gasteiger partial charge in [-0.25, -0.2) is 9.97 Å². The highest BCUT2D eigenvalue weighted by Crippen LogP contribution is 2.43. The van der Waals surface area contributed by atoms with Crippen molar-refractivity contribution in [2.45, 2.75) is 44.6 Å². The summed E-state index contributed by atoms with van der Waals surface area (Å²) in [5.41, 5.74) is 0.723. The molecule has 130 valence electrons. The summed E-state index contributed by atoms with van der Waals surface area (Å²) in [6.07, 6.45) is 9.09. The first kappa shape index (κ1) is 16.6. The second-order valence-corrected chi connectivity index (χ2v) is 6.10. The molecule has 1 N–H and O–H groups in total. The molecule has 0 aliphatic heterocycles. The zero-order valence-electron chi connectivity index (χ0n) is 14.6. The summed E-state index contributed by atoms with van der Waals surface area (Å²) in [5, 5.41) is 4.49. The average molecular weight is 331 g/mol. The summed E-state index contributed by atoms with van der Waals surface area (Å²) in [6.45, 7) is 0. The van der Waals surface area contributed by atoms with E-state index in [4.69, 9.17) is 14.2 Å². The number of hydrogen-bond donors (Lipinski definition) is 1. The van der Waals surface area contributed by atoms with Gasteiger partial charge in [0.25, 0.3) is 0 Å². The Hall–Kier alpha value is -2.24. The van der Waals surface area contributed by atoms with Crippen molar-refractivity contribution < 1.29 is 14.2 Å². The van der Waals surface area contributed by atoms with Crippen LogP contribution in [0.3, 0.4) is 0 Å². The lowest BCUT2D eigenvalue weighted by atomic mass is 10.1. The second kappa shape index (κ2) is 7.55. The van der Waals surface area contributed by atoms with Crippen molar-refractivity contribution in [3.8, 4) is 17.2 Å². The molecule has 1 aliphatic carbocycles. The lowest BCUT2D eigenvalue weighted by Gasteiger charge is -2.19. The fraction of sp³-hybridized carbons (Fsp3) is 0.556. The van der Waals surface area contributed by atoms with E-state index in [0.29, 0.717) is 23.3 Å². The van der Waals surface area contributed by atoms with E-state index >= 15 is 0 Å². The Kier molecular flexibility index (Phi) is 5.23. The summed E-state index contributed by atoms with van der Waals surface area (Å²) in [6, 6.07) is 2.36. The van der Waals surface area contributed by atoms with Gasteiger partial charge in [-0.05, 0) is 18.9 Å². The van der Waals surface area contributed by atoms with Gasteiger partial charge in [0.15, 0.2) is 11.5 Å². The minimum atomic E-state index is 0.449. The van der Waals surface area contributed by atoms with Crippen LogP contribution in [0.15, 0.2) is 12.4 Å². The van der Waals surface area contributed by atoms with Gasteiger partial charge in [0.05, 0.1) is 26.7 Å². The molecule has 0 saturated heterocycles. The predicted molar refractivity (Wildman–Crippen MR) is 94.3 cm³/mol. The molecule has 0 atom stereocenters. The lowest BCUT2D eigenvalue weighted by molar-refractivity contribution is 0.327. The van der Waals surface area contributed by atoms with Gasteiger partial charge in [-0.15, -0.1) is 0 Å². The van der Waals surface area contributed by atoms with E-state index in [2.05, 4.69) is 15.3 Å². The molecule has 1 aliphatic rings. The normalized spacial score (nSPS) is 15.8. The monoisotopic (exact) mass is 331 g/mol. The molecule has 1 saturated carbocycles. The Morgan fingerprint density at radius 2 is 1.62 bits per heavy atom. The van der Waals surface area contributed by atoms with Gasteiger partial charge in [-0.1, -0.05) is 25.7 Å². The molecule has 0 radical (unpaired) electrons. The molecule has 0 unspecified atom stereocenters. The van der Waals surface area contributed by atoms with E-state index in [9.17, 15) is 0 Å². The van der Waals surface area contributed by atoms with Gasteiger partial charge >= 0.3 is 0 Å². The maximum atomic E-state index is 5.53. The standard InChI is InChI=1S/C18H25N3O3/c1-22-14-10-13-15(17(24-3)16(14)23-2)19-11-20-18(13)21-12-8-6-4-5-7-9-12/h10-12H,4-9H2,1-3H3,(H,19,20,21). The van der Waals surface area contributed by atoms with Gasteiger partial charge in [-0.3, -0.25) is 0 Å². The van der Waals surface area contributed by atoms with Crippen molar-refractivity contribution in [2.75, 3.05) is 26.6 Å². The number of ether oxygens (including phenoxy) is 3. The van der Waals surface area contributed by atoms with E-state index < -0.39 is 0 Å². The Bertz CT molecular complexity index is 697. The van der Waals surface area contributed by atoms with E-state index in [-0.39, 0.29) is 0 Å². The summed E-state index contributed by atoms with van der Waals surface area (Å²) in [5.74, 6) is 2.55. The van der Waals surface area contributed by atoms with Crippen LogP contribution in [0, 0.1) is 0 Å². The quantitative estimate of drug-likeness (QED) is 0.841. The minimum Gasteiger partial charge on any atom is -0.493 e. The van der Waals surface area contributed by atoms with E-state index in [1.165, 1.54) is 38.5 Å². The molecule has 1 aromatic carbocycles. The molecule has 1 aromatic heterocycles. The van der Waals surface area contributed by atoms with E-state index in [1.54, 1.807) is 27.7 Å². The van der Waals surface area contributed by atoms with Crippen molar-refractivity contribution >= 4 is 16.7 Å². The number of hydrogen-bond acceptors (Lipinski definition) is 6. The van der Waals surface area contributed by atoms with Crippen molar-refractivity contribution in [1.29, 1.82) is 0 Å². The number of benzene rings is 1. The van der Waals surface area contributed by atoms with Crippen LogP contribution in [0.25, 0.3) is 10.9 Å². The zero-order chi connectivity index (χ0) is 16.9. The summed E-state index contributed by atoms with van der Waals surface area (Å²) in [7, 11) is 4.82. The van der Waals surface area contributed by atoms with Crippen molar-refractivity contribution in [1.82, 2.24) is 9.97 Å². The third-order valence-electron chi connectivity index (χ3n) is 4.63. The fourth-order valence-corrected chi connectivity index (χ4v) is 3.40. The largest absolute Gasteiger partial charge is 0.493 e. The van der Waals surface area contributed by atoms with Crippen LogP contribution in [-0.4, -0.2) is 37.3 Å². The molecule has 3 rings (SSSR count). The second-order valence-electron chi connectivity index (χ2n) is 6.10. The van der Waals surface area contributed by atoms with Crippen LogP contribution in [0.1, 0.15) is 38.5 Å². The number of rotatable bonds is 5. The highest BCUT2D eigenvalue weighted by Gasteiger charge is 2.20. The maximum Gasteiger partial charge on any atom is 0.205 e. The molecule has 6 nitrogen and oxygen atoms in total. The Morgan fingerprint density at radius 1 is 0.917 bits per heavy atom. The van der Waals surface area contributed by atoms with Crippen molar-refractivity contribution in [3.63, 3.8) is 0 Å². The molecule has 24 heavy (non-hydrogen) atoms. The molecule has 2 aromatic rings. The van der Waals surface area contributed by atoms with Crippen LogP contribution < -0.4 is 19.5 Å². The van der Waals surface area contributed by atoms with Crippen LogP contribution in [0.4, 0.5) is 5.82 Å². The smallest absolute Gasteiger partial charge is 0.205 e. The van der Waals surface area contributed by atoms with Gasteiger partial charge in [0.2, 0.25) is 5.75 Å². The highest BCUT2D eigenvalue weighted by molar-refractivity contribution is 5.96. The summed E-state index contributed by atoms with van der Waals surface area (Å²) < 4.78 is 16.4. The predicted octanol–water partition coefficient (Wildman–Crippen LogP) is 3.79. The third kappa shape index (κ3) is 3.18. The Balaban J connectivity index is 2.05. The zero-order valence-corrected chi connectivity index (χ0v) is 14.6. The average Bonchev–Trinajstić information content (AvgIpc) is 2.89. The molecule has 0 bridgehead atoms. The minimum absolute atomic E-state index is 0.449. The SMILES string of the molecule is COc1cc2c(NC3CCCCCC3)ncnc2c(OC)c1OC. The summed E-state index contributed by atoms with van der Waals surface area (Å²) in [4.78, 5) is 8.86. The molecule has 0 amide bonds.